The predicted molar refractivity (Wildman–Crippen MR) is 118 cm³/mol. The fourth-order valence-electron chi connectivity index (χ4n) is 3.76. The van der Waals surface area contributed by atoms with Gasteiger partial charge in [0.2, 0.25) is 10.0 Å². The Morgan fingerprint density at radius 3 is 2.30 bits per heavy atom. The standard InChI is InChI=1S/C21H20FN7O3S/c1-32-17-6-8-18(9-7-17)33(30,31)28-12-10-27(11-13-28)20-19-21(24-14-23-20)29(26-25-19)16-4-2-15(22)3-5-16/h2-9,14H,10-13H2,1H3. The molecule has 2 aromatic carbocycles. The molecule has 0 spiro atoms. The van der Waals surface area contributed by atoms with Crippen molar-refractivity contribution < 1.29 is 17.5 Å². The summed E-state index contributed by atoms with van der Waals surface area (Å²) in [6, 6.07) is 12.2. The molecule has 33 heavy (non-hydrogen) atoms. The Kier molecular flexibility index (Phi) is 5.38. The molecule has 1 aliphatic rings. The van der Waals surface area contributed by atoms with Gasteiger partial charge in [-0.15, -0.1) is 5.10 Å². The number of benzene rings is 2. The number of sulfonamides is 1. The lowest BCUT2D eigenvalue weighted by molar-refractivity contribution is 0.384. The van der Waals surface area contributed by atoms with Gasteiger partial charge in [0.25, 0.3) is 0 Å². The number of hydrogen-bond acceptors (Lipinski definition) is 8. The van der Waals surface area contributed by atoms with E-state index in [1.165, 1.54) is 34.6 Å². The van der Waals surface area contributed by atoms with Gasteiger partial charge in [-0.3, -0.25) is 0 Å². The molecule has 5 rings (SSSR count). The topological polar surface area (TPSA) is 106 Å². The maximum atomic E-state index is 13.3. The molecule has 0 atom stereocenters. The second kappa shape index (κ2) is 8.37. The maximum absolute atomic E-state index is 13.3. The van der Waals surface area contributed by atoms with Crippen molar-refractivity contribution in [3.05, 3.63) is 60.7 Å². The number of methoxy groups -OCH3 is 1. The van der Waals surface area contributed by atoms with E-state index in [2.05, 4.69) is 20.3 Å². The molecule has 1 fully saturated rings. The lowest BCUT2D eigenvalue weighted by Crippen LogP contribution is -2.49. The van der Waals surface area contributed by atoms with Crippen molar-refractivity contribution in [1.29, 1.82) is 0 Å². The van der Waals surface area contributed by atoms with Crippen molar-refractivity contribution in [2.45, 2.75) is 4.90 Å². The van der Waals surface area contributed by atoms with Crippen molar-refractivity contribution in [1.82, 2.24) is 29.3 Å². The van der Waals surface area contributed by atoms with Crippen molar-refractivity contribution in [3.63, 3.8) is 0 Å². The van der Waals surface area contributed by atoms with E-state index in [4.69, 9.17) is 4.74 Å². The summed E-state index contributed by atoms with van der Waals surface area (Å²) in [6.45, 7) is 1.47. The minimum Gasteiger partial charge on any atom is -0.497 e. The van der Waals surface area contributed by atoms with E-state index in [0.29, 0.717) is 54.6 Å². The maximum Gasteiger partial charge on any atom is 0.243 e. The first kappa shape index (κ1) is 21.2. The van der Waals surface area contributed by atoms with Gasteiger partial charge in [0, 0.05) is 26.2 Å². The summed E-state index contributed by atoms with van der Waals surface area (Å²) in [5.74, 6) is 0.830. The Labute approximate surface area is 189 Å². The molecule has 0 bridgehead atoms. The Balaban J connectivity index is 1.37. The van der Waals surface area contributed by atoms with Crippen LogP contribution in [0.25, 0.3) is 16.9 Å². The Morgan fingerprint density at radius 2 is 1.64 bits per heavy atom. The molecule has 0 N–H and O–H groups in total. The smallest absolute Gasteiger partial charge is 0.243 e. The number of rotatable bonds is 5. The van der Waals surface area contributed by atoms with Crippen LogP contribution in [0.1, 0.15) is 0 Å². The van der Waals surface area contributed by atoms with Crippen molar-refractivity contribution in [2.24, 2.45) is 0 Å². The minimum atomic E-state index is -3.61. The molecule has 3 heterocycles. The lowest BCUT2D eigenvalue weighted by Gasteiger charge is -2.34. The van der Waals surface area contributed by atoms with Crippen LogP contribution in [0.3, 0.4) is 0 Å². The highest BCUT2D eigenvalue weighted by Gasteiger charge is 2.30. The molecule has 4 aromatic rings. The van der Waals surface area contributed by atoms with Crippen LogP contribution < -0.4 is 9.64 Å². The molecule has 10 nitrogen and oxygen atoms in total. The summed E-state index contributed by atoms with van der Waals surface area (Å²) in [5, 5.41) is 8.39. The van der Waals surface area contributed by atoms with Gasteiger partial charge in [0.15, 0.2) is 17.0 Å². The largest absolute Gasteiger partial charge is 0.497 e. The van der Waals surface area contributed by atoms with Crippen LogP contribution in [0.5, 0.6) is 5.75 Å². The third-order valence-electron chi connectivity index (χ3n) is 5.53. The highest BCUT2D eigenvalue weighted by molar-refractivity contribution is 7.89. The molecule has 0 radical (unpaired) electrons. The van der Waals surface area contributed by atoms with Crippen molar-refractivity contribution in [3.8, 4) is 11.4 Å². The highest BCUT2D eigenvalue weighted by Crippen LogP contribution is 2.26. The summed E-state index contributed by atoms with van der Waals surface area (Å²) < 4.78 is 47.4. The number of ether oxygens (including phenoxy) is 1. The second-order valence-corrected chi connectivity index (χ2v) is 9.35. The fraction of sp³-hybridized carbons (Fsp3) is 0.238. The van der Waals surface area contributed by atoms with E-state index >= 15 is 0 Å². The summed E-state index contributed by atoms with van der Waals surface area (Å²) in [7, 11) is -2.08. The lowest BCUT2D eigenvalue weighted by atomic mass is 10.3. The molecule has 12 heteroatoms. The molecule has 170 valence electrons. The Bertz CT molecular complexity index is 1380. The van der Waals surface area contributed by atoms with Crippen molar-refractivity contribution in [2.75, 3.05) is 38.2 Å². The van der Waals surface area contributed by atoms with Gasteiger partial charge < -0.3 is 9.64 Å². The van der Waals surface area contributed by atoms with Crippen LogP contribution in [-0.2, 0) is 10.0 Å². The van der Waals surface area contributed by atoms with Gasteiger partial charge in [0.05, 0.1) is 17.7 Å². The average molecular weight is 470 g/mol. The third-order valence-corrected chi connectivity index (χ3v) is 7.44. The molecular formula is C21H20FN7O3S. The molecule has 2 aromatic heterocycles. The zero-order valence-electron chi connectivity index (χ0n) is 17.7. The summed E-state index contributed by atoms with van der Waals surface area (Å²) in [6.07, 6.45) is 1.42. The summed E-state index contributed by atoms with van der Waals surface area (Å²) in [4.78, 5) is 10.9. The van der Waals surface area contributed by atoms with Gasteiger partial charge in [-0.25, -0.2) is 22.8 Å². The molecular weight excluding hydrogens is 449 g/mol. The number of hydrogen-bond donors (Lipinski definition) is 0. The monoisotopic (exact) mass is 469 g/mol. The number of anilines is 1. The van der Waals surface area contributed by atoms with Crippen LogP contribution in [-0.4, -0.2) is 71.0 Å². The number of nitrogens with zero attached hydrogens (tertiary/aromatic N) is 7. The van der Waals surface area contributed by atoms with E-state index in [9.17, 15) is 12.8 Å². The van der Waals surface area contributed by atoms with Crippen LogP contribution in [0.2, 0.25) is 0 Å². The first-order valence-electron chi connectivity index (χ1n) is 10.2. The summed E-state index contributed by atoms with van der Waals surface area (Å²) >= 11 is 0. The van der Waals surface area contributed by atoms with Gasteiger partial charge >= 0.3 is 0 Å². The first-order valence-corrected chi connectivity index (χ1v) is 11.6. The third kappa shape index (κ3) is 3.87. The Morgan fingerprint density at radius 1 is 0.939 bits per heavy atom. The molecule has 0 amide bonds. The zero-order valence-corrected chi connectivity index (χ0v) is 18.5. The van der Waals surface area contributed by atoms with Crippen LogP contribution >= 0.6 is 0 Å². The van der Waals surface area contributed by atoms with Gasteiger partial charge in [0.1, 0.15) is 17.9 Å². The van der Waals surface area contributed by atoms with Crippen LogP contribution in [0.15, 0.2) is 59.8 Å². The predicted octanol–water partition coefficient (Wildman–Crippen LogP) is 1.87. The van der Waals surface area contributed by atoms with E-state index in [1.54, 1.807) is 36.4 Å². The van der Waals surface area contributed by atoms with E-state index in [-0.39, 0.29) is 10.7 Å². The first-order chi connectivity index (χ1) is 16.0. The van der Waals surface area contributed by atoms with E-state index in [0.717, 1.165) is 0 Å². The molecule has 0 aliphatic carbocycles. The van der Waals surface area contributed by atoms with Gasteiger partial charge in [-0.1, -0.05) is 5.21 Å². The highest BCUT2D eigenvalue weighted by atomic mass is 32.2. The van der Waals surface area contributed by atoms with E-state index < -0.39 is 10.0 Å². The number of aromatic nitrogens is 5. The number of piperazine rings is 1. The number of halogens is 1. The fourth-order valence-corrected chi connectivity index (χ4v) is 5.18. The van der Waals surface area contributed by atoms with E-state index in [1.807, 2.05) is 4.90 Å². The quantitative estimate of drug-likeness (QED) is 0.436. The van der Waals surface area contributed by atoms with Crippen LogP contribution in [0, 0.1) is 5.82 Å². The molecule has 1 aliphatic heterocycles. The molecule has 0 unspecified atom stereocenters. The number of fused-ring (bicyclic) bond motifs is 1. The zero-order chi connectivity index (χ0) is 23.0. The van der Waals surface area contributed by atoms with Gasteiger partial charge in [-0.05, 0) is 48.5 Å². The van der Waals surface area contributed by atoms with Gasteiger partial charge in [-0.2, -0.15) is 8.99 Å². The molecule has 0 saturated carbocycles. The second-order valence-electron chi connectivity index (χ2n) is 7.41. The van der Waals surface area contributed by atoms with Crippen LogP contribution in [0.4, 0.5) is 10.2 Å². The molecule has 1 saturated heterocycles. The SMILES string of the molecule is COc1ccc(S(=O)(=O)N2CCN(c3ncnc4c3nnn4-c3ccc(F)cc3)CC2)cc1. The Hall–Kier alpha value is -3.64. The average Bonchev–Trinajstić information content (AvgIpc) is 3.29. The normalized spacial score (nSPS) is 15.2. The summed E-state index contributed by atoms with van der Waals surface area (Å²) in [5.41, 5.74) is 1.60. The minimum absolute atomic E-state index is 0.225. The van der Waals surface area contributed by atoms with Crippen molar-refractivity contribution >= 4 is 27.0 Å².